The second kappa shape index (κ2) is 5.07. The van der Waals surface area contributed by atoms with Gasteiger partial charge in [0.25, 0.3) is 0 Å². The molecular weight excluding hydrogens is 281 g/mol. The summed E-state index contributed by atoms with van der Waals surface area (Å²) in [5.41, 5.74) is 1.02. The van der Waals surface area contributed by atoms with E-state index in [9.17, 15) is 4.39 Å². The smallest absolute Gasteiger partial charge is 0.127 e. The zero-order chi connectivity index (χ0) is 12.5. The molecular formula is C14H19BrFN. The average molecular weight is 300 g/mol. The van der Waals surface area contributed by atoms with Gasteiger partial charge >= 0.3 is 0 Å². The monoisotopic (exact) mass is 299 g/mol. The largest absolute Gasteiger partial charge is 0.319 e. The summed E-state index contributed by atoms with van der Waals surface area (Å²) in [5, 5.41) is 3.25. The van der Waals surface area contributed by atoms with Gasteiger partial charge in [-0.05, 0) is 55.3 Å². The lowest BCUT2D eigenvalue weighted by molar-refractivity contribution is 0.260. The fourth-order valence-corrected chi connectivity index (χ4v) is 2.97. The minimum absolute atomic E-state index is 0.0950. The summed E-state index contributed by atoms with van der Waals surface area (Å²) in [4.78, 5) is 0. The first-order valence-electron chi connectivity index (χ1n) is 6.14. The Bertz CT molecular complexity index is 403. The summed E-state index contributed by atoms with van der Waals surface area (Å²) in [6.07, 6.45) is 3.39. The van der Waals surface area contributed by atoms with E-state index in [1.165, 1.54) is 12.8 Å². The van der Waals surface area contributed by atoms with Crippen molar-refractivity contribution in [3.63, 3.8) is 0 Å². The van der Waals surface area contributed by atoms with E-state index in [-0.39, 0.29) is 11.2 Å². The first-order chi connectivity index (χ1) is 8.05. The topological polar surface area (TPSA) is 12.0 Å². The molecule has 0 saturated heterocycles. The maximum Gasteiger partial charge on any atom is 0.127 e. The molecule has 3 heteroatoms. The number of nitrogens with one attached hydrogen (secondary N) is 1. The molecule has 1 aromatic rings. The second-order valence-corrected chi connectivity index (χ2v) is 6.29. The summed E-state index contributed by atoms with van der Waals surface area (Å²) in [6, 6.07) is 5.38. The number of hydrogen-bond acceptors (Lipinski definition) is 1. The van der Waals surface area contributed by atoms with Crippen molar-refractivity contribution in [2.45, 2.75) is 26.2 Å². The highest BCUT2D eigenvalue weighted by atomic mass is 79.9. The molecule has 1 fully saturated rings. The summed E-state index contributed by atoms with van der Waals surface area (Å²) < 4.78 is 14.7. The van der Waals surface area contributed by atoms with E-state index in [1.54, 1.807) is 6.07 Å². The second-order valence-electron chi connectivity index (χ2n) is 5.37. The molecule has 1 N–H and O–H groups in total. The van der Waals surface area contributed by atoms with Crippen molar-refractivity contribution in [2.24, 2.45) is 11.3 Å². The molecule has 1 unspecified atom stereocenters. The lowest BCUT2D eigenvalue weighted by Gasteiger charge is -2.30. The maximum atomic E-state index is 13.9. The van der Waals surface area contributed by atoms with Crippen LogP contribution in [0, 0.1) is 17.2 Å². The van der Waals surface area contributed by atoms with Gasteiger partial charge in [0.2, 0.25) is 0 Å². The standard InChI is InChI=1S/C14H19BrFN/c1-14(9-17-2,11-4-5-11)8-10-3-6-12(15)7-13(10)16/h3,6-7,11,17H,4-5,8-9H2,1-2H3. The summed E-state index contributed by atoms with van der Waals surface area (Å²) in [6.45, 7) is 3.22. The van der Waals surface area contributed by atoms with Gasteiger partial charge in [0.1, 0.15) is 5.82 Å². The van der Waals surface area contributed by atoms with Gasteiger partial charge in [-0.3, -0.25) is 0 Å². The van der Waals surface area contributed by atoms with Crippen molar-refractivity contribution in [3.8, 4) is 0 Å². The summed E-state index contributed by atoms with van der Waals surface area (Å²) >= 11 is 3.30. The van der Waals surface area contributed by atoms with Gasteiger partial charge in [-0.25, -0.2) is 4.39 Å². The lowest BCUT2D eigenvalue weighted by atomic mass is 9.79. The molecule has 1 atom stereocenters. The highest BCUT2D eigenvalue weighted by Gasteiger charge is 2.41. The molecule has 1 nitrogen and oxygen atoms in total. The van der Waals surface area contributed by atoms with Crippen LogP contribution in [0.15, 0.2) is 22.7 Å². The van der Waals surface area contributed by atoms with Crippen molar-refractivity contribution in [3.05, 3.63) is 34.1 Å². The van der Waals surface area contributed by atoms with Crippen LogP contribution < -0.4 is 5.32 Å². The molecule has 0 bridgehead atoms. The third-order valence-electron chi connectivity index (χ3n) is 3.75. The highest BCUT2D eigenvalue weighted by molar-refractivity contribution is 9.10. The number of benzene rings is 1. The van der Waals surface area contributed by atoms with Crippen molar-refractivity contribution >= 4 is 15.9 Å². The Labute approximate surface area is 111 Å². The molecule has 1 aliphatic rings. The van der Waals surface area contributed by atoms with E-state index < -0.39 is 0 Å². The molecule has 1 aliphatic carbocycles. The molecule has 0 amide bonds. The van der Waals surface area contributed by atoms with E-state index >= 15 is 0 Å². The SMILES string of the molecule is CNCC(C)(Cc1ccc(Br)cc1F)C1CC1. The average Bonchev–Trinajstić information content (AvgIpc) is 3.06. The van der Waals surface area contributed by atoms with Crippen LogP contribution in [-0.4, -0.2) is 13.6 Å². The summed E-state index contributed by atoms with van der Waals surface area (Å²) in [7, 11) is 1.97. The predicted octanol–water partition coefficient (Wildman–Crippen LogP) is 3.77. The van der Waals surface area contributed by atoms with E-state index in [2.05, 4.69) is 28.2 Å². The van der Waals surface area contributed by atoms with Crippen LogP contribution in [0.25, 0.3) is 0 Å². The van der Waals surface area contributed by atoms with Crippen molar-refractivity contribution in [1.82, 2.24) is 5.32 Å². The fourth-order valence-electron chi connectivity index (χ4n) is 2.64. The zero-order valence-corrected chi connectivity index (χ0v) is 12.0. The molecule has 0 aliphatic heterocycles. The number of hydrogen-bond donors (Lipinski definition) is 1. The van der Waals surface area contributed by atoms with E-state index in [1.807, 2.05) is 19.2 Å². The Kier molecular flexibility index (Phi) is 3.88. The fraction of sp³-hybridized carbons (Fsp3) is 0.571. The van der Waals surface area contributed by atoms with Gasteiger partial charge in [-0.15, -0.1) is 0 Å². The highest BCUT2D eigenvalue weighted by Crippen LogP contribution is 2.47. The van der Waals surface area contributed by atoms with Gasteiger partial charge in [0.15, 0.2) is 0 Å². The van der Waals surface area contributed by atoms with Crippen LogP contribution in [0.5, 0.6) is 0 Å². The maximum absolute atomic E-state index is 13.9. The van der Waals surface area contributed by atoms with Crippen LogP contribution in [0.2, 0.25) is 0 Å². The van der Waals surface area contributed by atoms with Crippen LogP contribution in [0.1, 0.15) is 25.3 Å². The lowest BCUT2D eigenvalue weighted by Crippen LogP contribution is -2.34. The molecule has 0 heterocycles. The van der Waals surface area contributed by atoms with E-state index in [4.69, 9.17) is 0 Å². The molecule has 0 aromatic heterocycles. The first kappa shape index (κ1) is 13.0. The number of rotatable bonds is 5. The quantitative estimate of drug-likeness (QED) is 0.873. The first-order valence-corrected chi connectivity index (χ1v) is 6.93. The minimum Gasteiger partial charge on any atom is -0.319 e. The molecule has 2 rings (SSSR count). The van der Waals surface area contributed by atoms with Crippen molar-refractivity contribution in [2.75, 3.05) is 13.6 Å². The van der Waals surface area contributed by atoms with E-state index in [0.29, 0.717) is 0 Å². The predicted molar refractivity (Wildman–Crippen MR) is 72.6 cm³/mol. The Morgan fingerprint density at radius 3 is 2.71 bits per heavy atom. The van der Waals surface area contributed by atoms with Gasteiger partial charge in [0.05, 0.1) is 0 Å². The molecule has 1 saturated carbocycles. The Morgan fingerprint density at radius 2 is 2.18 bits per heavy atom. The molecule has 17 heavy (non-hydrogen) atoms. The third-order valence-corrected chi connectivity index (χ3v) is 4.25. The molecule has 0 radical (unpaired) electrons. The molecule has 1 aromatic carbocycles. The van der Waals surface area contributed by atoms with Crippen molar-refractivity contribution < 1.29 is 4.39 Å². The molecule has 0 spiro atoms. The van der Waals surface area contributed by atoms with Crippen LogP contribution >= 0.6 is 15.9 Å². The van der Waals surface area contributed by atoms with Crippen LogP contribution in [0.3, 0.4) is 0 Å². The van der Waals surface area contributed by atoms with Gasteiger partial charge in [-0.1, -0.05) is 28.9 Å². The Balaban J connectivity index is 2.17. The number of halogens is 2. The van der Waals surface area contributed by atoms with Gasteiger partial charge < -0.3 is 5.32 Å². The Morgan fingerprint density at radius 1 is 1.47 bits per heavy atom. The molecule has 94 valence electrons. The van der Waals surface area contributed by atoms with Crippen molar-refractivity contribution in [1.29, 1.82) is 0 Å². The van der Waals surface area contributed by atoms with Gasteiger partial charge in [0, 0.05) is 11.0 Å². The van der Waals surface area contributed by atoms with Gasteiger partial charge in [-0.2, -0.15) is 0 Å². The third kappa shape index (κ3) is 3.08. The normalized spacial score (nSPS) is 19.1. The van der Waals surface area contributed by atoms with Crippen LogP contribution in [0.4, 0.5) is 4.39 Å². The Hall–Kier alpha value is -0.410. The summed E-state index contributed by atoms with van der Waals surface area (Å²) in [5.74, 6) is 0.653. The minimum atomic E-state index is -0.0950. The van der Waals surface area contributed by atoms with E-state index in [0.717, 1.165) is 28.9 Å². The zero-order valence-electron chi connectivity index (χ0n) is 10.4. The van der Waals surface area contributed by atoms with Crippen LogP contribution in [-0.2, 0) is 6.42 Å².